The summed E-state index contributed by atoms with van der Waals surface area (Å²) < 4.78 is 19.4. The minimum atomic E-state index is -1.06. The maximum atomic E-state index is 13.9. The second kappa shape index (κ2) is 14.2. The molecule has 210 valence electrons. The average Bonchev–Trinajstić information content (AvgIpc) is 2.97. The fourth-order valence-electron chi connectivity index (χ4n) is 5.00. The molecule has 0 aliphatic heterocycles. The summed E-state index contributed by atoms with van der Waals surface area (Å²) in [6, 6.07) is 16.7. The van der Waals surface area contributed by atoms with E-state index in [1.165, 1.54) is 36.3 Å². The number of ether oxygens (including phenoxy) is 1. The molecule has 1 aliphatic carbocycles. The van der Waals surface area contributed by atoms with Crippen LogP contribution in [0.4, 0.5) is 15.9 Å². The van der Waals surface area contributed by atoms with Crippen LogP contribution in [0.25, 0.3) is 0 Å². The van der Waals surface area contributed by atoms with Crippen molar-refractivity contribution < 1.29 is 23.5 Å². The minimum Gasteiger partial charge on any atom is -0.495 e. The Morgan fingerprint density at radius 2 is 1.70 bits per heavy atom. The van der Waals surface area contributed by atoms with Crippen LogP contribution in [0.15, 0.2) is 72.9 Å². The lowest BCUT2D eigenvalue weighted by atomic mass is 9.94. The molecule has 4 rings (SSSR count). The van der Waals surface area contributed by atoms with Gasteiger partial charge in [-0.2, -0.15) is 0 Å². The van der Waals surface area contributed by atoms with E-state index in [4.69, 9.17) is 4.74 Å². The fraction of sp³-hybridized carbons (Fsp3) is 0.355. The van der Waals surface area contributed by atoms with E-state index in [0.29, 0.717) is 22.8 Å². The number of benzene rings is 2. The van der Waals surface area contributed by atoms with Crippen LogP contribution in [0.2, 0.25) is 0 Å². The van der Waals surface area contributed by atoms with Crippen molar-refractivity contribution in [1.29, 1.82) is 0 Å². The average molecular weight is 547 g/mol. The van der Waals surface area contributed by atoms with E-state index < -0.39 is 11.9 Å². The smallest absolute Gasteiger partial charge is 0.248 e. The van der Waals surface area contributed by atoms with Crippen molar-refractivity contribution in [3.05, 3.63) is 84.3 Å². The molecule has 3 amide bonds. The molecule has 0 bridgehead atoms. The number of anilines is 2. The van der Waals surface area contributed by atoms with Crippen molar-refractivity contribution in [1.82, 2.24) is 10.3 Å². The van der Waals surface area contributed by atoms with Crippen molar-refractivity contribution in [3.63, 3.8) is 0 Å². The number of hydrogen-bond donors (Lipinski definition) is 2. The summed E-state index contributed by atoms with van der Waals surface area (Å²) in [6.07, 6.45) is 6.87. The summed E-state index contributed by atoms with van der Waals surface area (Å²) >= 11 is 0. The van der Waals surface area contributed by atoms with E-state index in [9.17, 15) is 18.8 Å². The Kier molecular flexibility index (Phi) is 10.2. The van der Waals surface area contributed by atoms with Gasteiger partial charge in [-0.05, 0) is 61.2 Å². The van der Waals surface area contributed by atoms with Crippen LogP contribution in [-0.4, -0.2) is 35.9 Å². The van der Waals surface area contributed by atoms with Crippen LogP contribution in [0.3, 0.4) is 0 Å². The molecule has 1 atom stereocenters. The molecule has 1 saturated carbocycles. The van der Waals surface area contributed by atoms with E-state index >= 15 is 0 Å². The second-order valence-corrected chi connectivity index (χ2v) is 9.85. The van der Waals surface area contributed by atoms with E-state index in [-0.39, 0.29) is 43.0 Å². The largest absolute Gasteiger partial charge is 0.495 e. The Hall–Kier alpha value is -4.27. The molecule has 8 nitrogen and oxygen atoms in total. The number of rotatable bonds is 11. The maximum Gasteiger partial charge on any atom is 0.248 e. The summed E-state index contributed by atoms with van der Waals surface area (Å²) in [4.78, 5) is 45.8. The van der Waals surface area contributed by atoms with E-state index in [1.54, 1.807) is 48.7 Å². The zero-order valence-electron chi connectivity index (χ0n) is 22.6. The van der Waals surface area contributed by atoms with Crippen molar-refractivity contribution in [2.24, 2.45) is 0 Å². The zero-order valence-corrected chi connectivity index (χ0v) is 22.6. The number of carbonyl (C=O) groups is 3. The van der Waals surface area contributed by atoms with Gasteiger partial charge in [0.2, 0.25) is 17.7 Å². The first kappa shape index (κ1) is 28.7. The number of nitrogens with one attached hydrogen (secondary N) is 2. The number of methoxy groups -OCH3 is 1. The number of halogens is 1. The molecule has 3 aromatic rings. The highest BCUT2D eigenvalue weighted by molar-refractivity contribution is 6.02. The number of nitrogens with zero attached hydrogens (tertiary/aromatic N) is 2. The zero-order chi connectivity index (χ0) is 28.3. The van der Waals surface area contributed by atoms with Gasteiger partial charge in [0.15, 0.2) is 0 Å². The number of aromatic nitrogens is 1. The molecule has 0 saturated heterocycles. The Bertz CT molecular complexity index is 1280. The van der Waals surface area contributed by atoms with Gasteiger partial charge < -0.3 is 15.4 Å². The third-order valence-corrected chi connectivity index (χ3v) is 6.98. The molecule has 1 aliphatic rings. The molecule has 1 aromatic heterocycles. The van der Waals surface area contributed by atoms with Crippen LogP contribution in [0.1, 0.15) is 63.0 Å². The van der Waals surface area contributed by atoms with Crippen LogP contribution < -0.4 is 20.3 Å². The monoisotopic (exact) mass is 546 g/mol. The lowest BCUT2D eigenvalue weighted by Gasteiger charge is -2.34. The second-order valence-electron chi connectivity index (χ2n) is 9.85. The summed E-state index contributed by atoms with van der Waals surface area (Å²) in [7, 11) is 1.50. The van der Waals surface area contributed by atoms with Crippen LogP contribution >= 0.6 is 0 Å². The first-order valence-electron chi connectivity index (χ1n) is 13.7. The predicted molar refractivity (Wildman–Crippen MR) is 151 cm³/mol. The lowest BCUT2D eigenvalue weighted by molar-refractivity contribution is -0.127. The highest BCUT2D eigenvalue weighted by Gasteiger charge is 2.35. The molecule has 0 spiro atoms. The topological polar surface area (TPSA) is 101 Å². The highest BCUT2D eigenvalue weighted by Crippen LogP contribution is 2.36. The number of pyridine rings is 1. The van der Waals surface area contributed by atoms with Crippen molar-refractivity contribution in [2.45, 2.75) is 63.5 Å². The summed E-state index contributed by atoms with van der Waals surface area (Å²) in [5.41, 5.74) is 0.892. The minimum absolute atomic E-state index is 0.00207. The Labute approximate surface area is 233 Å². The SMILES string of the molecule is COc1ccccc1N(C(=O)CCCC(=O)Nc1ccccn1)[C@@H](C(=O)NC1CCCCC1)c1ccc(F)cc1. The standard InChI is InChI=1S/C31H35FN4O4/c1-40-26-13-6-5-12-25(26)36(29(38)16-9-15-28(37)35-27-14-7-8-21-33-27)30(22-17-19-23(32)20-18-22)31(39)34-24-10-3-2-4-11-24/h5-8,12-14,17-21,24,30H,2-4,9-11,15-16H2,1H3,(H,34,39)(H,33,35,37)/t30-/m1/s1. The molecule has 2 aromatic carbocycles. The van der Waals surface area contributed by atoms with Gasteiger partial charge in [-0.3, -0.25) is 19.3 Å². The van der Waals surface area contributed by atoms with E-state index in [0.717, 1.165) is 32.1 Å². The number of amides is 3. The van der Waals surface area contributed by atoms with Gasteiger partial charge in [-0.1, -0.05) is 49.6 Å². The number of carbonyl (C=O) groups excluding carboxylic acids is 3. The highest BCUT2D eigenvalue weighted by atomic mass is 19.1. The van der Waals surface area contributed by atoms with Gasteiger partial charge >= 0.3 is 0 Å². The molecular formula is C31H35FN4O4. The first-order chi connectivity index (χ1) is 19.5. The lowest BCUT2D eigenvalue weighted by Crippen LogP contribution is -2.47. The van der Waals surface area contributed by atoms with Gasteiger partial charge in [0.05, 0.1) is 12.8 Å². The maximum absolute atomic E-state index is 13.9. The van der Waals surface area contributed by atoms with Crippen molar-refractivity contribution in [3.8, 4) is 5.75 Å². The predicted octanol–water partition coefficient (Wildman–Crippen LogP) is 5.56. The Morgan fingerprint density at radius 3 is 2.40 bits per heavy atom. The third-order valence-electron chi connectivity index (χ3n) is 6.98. The van der Waals surface area contributed by atoms with Gasteiger partial charge in [0.25, 0.3) is 0 Å². The quantitative estimate of drug-likeness (QED) is 0.328. The number of hydrogen-bond acceptors (Lipinski definition) is 5. The van der Waals surface area contributed by atoms with Gasteiger partial charge in [0, 0.05) is 25.1 Å². The molecule has 1 fully saturated rings. The molecule has 40 heavy (non-hydrogen) atoms. The summed E-state index contributed by atoms with van der Waals surface area (Å²) in [5.74, 6) is -0.551. The summed E-state index contributed by atoms with van der Waals surface area (Å²) in [6.45, 7) is 0. The van der Waals surface area contributed by atoms with Gasteiger partial charge in [-0.25, -0.2) is 9.37 Å². The molecular weight excluding hydrogens is 511 g/mol. The van der Waals surface area contributed by atoms with Crippen LogP contribution in [0.5, 0.6) is 5.75 Å². The van der Waals surface area contributed by atoms with Crippen molar-refractivity contribution >= 4 is 29.2 Å². The summed E-state index contributed by atoms with van der Waals surface area (Å²) in [5, 5.41) is 5.86. The Balaban J connectivity index is 1.60. The van der Waals surface area contributed by atoms with Crippen molar-refractivity contribution in [2.75, 3.05) is 17.3 Å². The Morgan fingerprint density at radius 1 is 0.975 bits per heavy atom. The van der Waals surface area contributed by atoms with Gasteiger partial charge in [0.1, 0.15) is 23.4 Å². The van der Waals surface area contributed by atoms with E-state index in [1.807, 2.05) is 0 Å². The third kappa shape index (κ3) is 7.65. The molecule has 0 unspecified atom stereocenters. The first-order valence-corrected chi connectivity index (χ1v) is 13.7. The molecule has 1 heterocycles. The van der Waals surface area contributed by atoms with Crippen LogP contribution in [0, 0.1) is 5.82 Å². The van der Waals surface area contributed by atoms with Gasteiger partial charge in [-0.15, -0.1) is 0 Å². The molecule has 2 N–H and O–H groups in total. The number of para-hydroxylation sites is 2. The molecule has 9 heteroatoms. The molecule has 0 radical (unpaired) electrons. The fourth-order valence-corrected chi connectivity index (χ4v) is 5.00. The van der Waals surface area contributed by atoms with Crippen LogP contribution in [-0.2, 0) is 14.4 Å². The normalized spacial score (nSPS) is 14.2. The van der Waals surface area contributed by atoms with E-state index in [2.05, 4.69) is 15.6 Å².